The molecule has 3 rings (SSSR count). The Bertz CT molecular complexity index is 335. The zero-order valence-corrected chi connectivity index (χ0v) is 9.68. The third kappa shape index (κ3) is 2.00. The molecular weight excluding hydrogens is 196 g/mol. The molecule has 0 amide bonds. The van der Waals surface area contributed by atoms with Crippen LogP contribution in [0, 0.1) is 11.8 Å². The minimum atomic E-state index is 0.480. The Morgan fingerprint density at radius 1 is 1.06 bits per heavy atom. The van der Waals surface area contributed by atoms with Gasteiger partial charge < -0.3 is 5.73 Å². The number of likely N-dealkylation sites (tertiary alicyclic amines) is 1. The molecule has 2 aliphatic rings. The molecule has 2 atom stereocenters. The van der Waals surface area contributed by atoms with E-state index in [1.165, 1.54) is 31.5 Å². The summed E-state index contributed by atoms with van der Waals surface area (Å²) in [4.78, 5) is 2.59. The van der Waals surface area contributed by atoms with Crippen molar-refractivity contribution in [3.8, 4) is 0 Å². The van der Waals surface area contributed by atoms with E-state index in [0.717, 1.165) is 18.4 Å². The molecule has 1 aromatic rings. The van der Waals surface area contributed by atoms with Gasteiger partial charge in [0, 0.05) is 25.7 Å². The average Bonchev–Trinajstić information content (AvgIpc) is 2.76. The highest BCUT2D eigenvalue weighted by molar-refractivity contribution is 5.14. The van der Waals surface area contributed by atoms with Gasteiger partial charge in [-0.2, -0.15) is 0 Å². The second-order valence-electron chi connectivity index (χ2n) is 5.43. The van der Waals surface area contributed by atoms with E-state index in [0.29, 0.717) is 6.04 Å². The molecule has 16 heavy (non-hydrogen) atoms. The molecule has 0 aromatic heterocycles. The van der Waals surface area contributed by atoms with Crippen molar-refractivity contribution in [3.05, 3.63) is 35.9 Å². The van der Waals surface area contributed by atoms with Gasteiger partial charge in [-0.25, -0.2) is 0 Å². The lowest BCUT2D eigenvalue weighted by Crippen LogP contribution is -2.25. The Morgan fingerprint density at radius 3 is 2.31 bits per heavy atom. The molecule has 2 nitrogen and oxygen atoms in total. The van der Waals surface area contributed by atoms with Crippen molar-refractivity contribution in [1.29, 1.82) is 0 Å². The Kier molecular flexibility index (Phi) is 2.70. The summed E-state index contributed by atoms with van der Waals surface area (Å²) in [7, 11) is 0. The van der Waals surface area contributed by atoms with Gasteiger partial charge in [0.25, 0.3) is 0 Å². The van der Waals surface area contributed by atoms with E-state index in [4.69, 9.17) is 5.73 Å². The van der Waals surface area contributed by atoms with Crippen LogP contribution in [0.2, 0.25) is 0 Å². The van der Waals surface area contributed by atoms with Crippen LogP contribution in [0.25, 0.3) is 0 Å². The van der Waals surface area contributed by atoms with Crippen molar-refractivity contribution in [2.45, 2.75) is 25.4 Å². The molecule has 2 fully saturated rings. The molecule has 2 unspecified atom stereocenters. The summed E-state index contributed by atoms with van der Waals surface area (Å²) >= 11 is 0. The highest BCUT2D eigenvalue weighted by Gasteiger charge is 2.39. The predicted molar refractivity (Wildman–Crippen MR) is 65.9 cm³/mol. The predicted octanol–water partition coefficient (Wildman–Crippen LogP) is 1.86. The van der Waals surface area contributed by atoms with Gasteiger partial charge >= 0.3 is 0 Å². The minimum absolute atomic E-state index is 0.480. The molecule has 1 aliphatic heterocycles. The first-order valence-electron chi connectivity index (χ1n) is 6.33. The lowest BCUT2D eigenvalue weighted by Gasteiger charge is -2.17. The van der Waals surface area contributed by atoms with E-state index in [9.17, 15) is 0 Å². The van der Waals surface area contributed by atoms with Crippen molar-refractivity contribution in [2.24, 2.45) is 17.6 Å². The number of nitrogens with two attached hydrogens (primary N) is 1. The van der Waals surface area contributed by atoms with E-state index in [-0.39, 0.29) is 0 Å². The van der Waals surface area contributed by atoms with Crippen LogP contribution in [-0.2, 0) is 6.54 Å². The first kappa shape index (κ1) is 10.3. The molecule has 2 heteroatoms. The number of hydrogen-bond acceptors (Lipinski definition) is 2. The van der Waals surface area contributed by atoms with Crippen molar-refractivity contribution in [1.82, 2.24) is 4.90 Å². The molecule has 0 radical (unpaired) electrons. The van der Waals surface area contributed by atoms with Crippen LogP contribution in [0.3, 0.4) is 0 Å². The van der Waals surface area contributed by atoms with Crippen molar-refractivity contribution < 1.29 is 0 Å². The molecule has 0 bridgehead atoms. The Hall–Kier alpha value is -0.860. The monoisotopic (exact) mass is 216 g/mol. The third-order valence-electron chi connectivity index (χ3n) is 4.11. The fourth-order valence-electron chi connectivity index (χ4n) is 3.41. The van der Waals surface area contributed by atoms with Crippen LogP contribution in [0.5, 0.6) is 0 Å². The second kappa shape index (κ2) is 4.19. The minimum Gasteiger partial charge on any atom is -0.328 e. The number of benzene rings is 1. The van der Waals surface area contributed by atoms with Crippen LogP contribution in [0.15, 0.2) is 30.3 Å². The summed E-state index contributed by atoms with van der Waals surface area (Å²) in [5.74, 6) is 1.75. The first-order chi connectivity index (χ1) is 7.81. The number of hydrogen-bond donors (Lipinski definition) is 1. The Morgan fingerprint density at radius 2 is 1.69 bits per heavy atom. The van der Waals surface area contributed by atoms with E-state index < -0.39 is 0 Å². The van der Waals surface area contributed by atoms with Gasteiger partial charge in [-0.3, -0.25) is 4.90 Å². The quantitative estimate of drug-likeness (QED) is 0.817. The maximum atomic E-state index is 6.00. The highest BCUT2D eigenvalue weighted by atomic mass is 15.2. The van der Waals surface area contributed by atoms with E-state index in [1.54, 1.807) is 0 Å². The van der Waals surface area contributed by atoms with Crippen molar-refractivity contribution in [3.63, 3.8) is 0 Å². The summed E-state index contributed by atoms with van der Waals surface area (Å²) in [5.41, 5.74) is 7.44. The second-order valence-corrected chi connectivity index (χ2v) is 5.43. The van der Waals surface area contributed by atoms with Gasteiger partial charge in [-0.05, 0) is 30.2 Å². The molecule has 1 saturated carbocycles. The molecule has 0 spiro atoms. The summed E-state index contributed by atoms with van der Waals surface area (Å²) in [6.45, 7) is 3.63. The van der Waals surface area contributed by atoms with Crippen LogP contribution < -0.4 is 5.73 Å². The smallest absolute Gasteiger partial charge is 0.0233 e. The number of fused-ring (bicyclic) bond motifs is 1. The molecular formula is C14H20N2. The Balaban J connectivity index is 1.60. The summed E-state index contributed by atoms with van der Waals surface area (Å²) in [6, 6.07) is 11.3. The third-order valence-corrected chi connectivity index (χ3v) is 4.11. The van der Waals surface area contributed by atoms with E-state index >= 15 is 0 Å². The molecule has 1 aromatic carbocycles. The fourth-order valence-corrected chi connectivity index (χ4v) is 3.41. The van der Waals surface area contributed by atoms with Gasteiger partial charge in [0.1, 0.15) is 0 Å². The van der Waals surface area contributed by atoms with Gasteiger partial charge in [0.2, 0.25) is 0 Å². The van der Waals surface area contributed by atoms with Crippen LogP contribution >= 0.6 is 0 Å². The lowest BCUT2D eigenvalue weighted by atomic mass is 10.0. The van der Waals surface area contributed by atoms with Gasteiger partial charge in [-0.15, -0.1) is 0 Å². The number of nitrogens with zero attached hydrogens (tertiary/aromatic N) is 1. The summed E-state index contributed by atoms with van der Waals surface area (Å²) in [5, 5.41) is 0. The van der Waals surface area contributed by atoms with Crippen LogP contribution in [-0.4, -0.2) is 24.0 Å². The normalized spacial score (nSPS) is 34.2. The van der Waals surface area contributed by atoms with Gasteiger partial charge in [0.05, 0.1) is 0 Å². The maximum absolute atomic E-state index is 6.00. The highest BCUT2D eigenvalue weighted by Crippen LogP contribution is 2.37. The molecule has 2 N–H and O–H groups in total. The largest absolute Gasteiger partial charge is 0.328 e. The van der Waals surface area contributed by atoms with Crippen molar-refractivity contribution >= 4 is 0 Å². The van der Waals surface area contributed by atoms with E-state index in [2.05, 4.69) is 35.2 Å². The van der Waals surface area contributed by atoms with Crippen LogP contribution in [0.4, 0.5) is 0 Å². The molecule has 86 valence electrons. The lowest BCUT2D eigenvalue weighted by molar-refractivity contribution is 0.299. The van der Waals surface area contributed by atoms with E-state index in [1.807, 2.05) is 0 Å². The summed E-state index contributed by atoms with van der Waals surface area (Å²) in [6.07, 6.45) is 2.49. The Labute approximate surface area is 97.4 Å². The SMILES string of the molecule is NC1CC2CN(Cc3ccccc3)CC2C1. The average molecular weight is 216 g/mol. The summed E-state index contributed by atoms with van der Waals surface area (Å²) < 4.78 is 0. The van der Waals surface area contributed by atoms with Crippen LogP contribution in [0.1, 0.15) is 18.4 Å². The van der Waals surface area contributed by atoms with Gasteiger partial charge in [0.15, 0.2) is 0 Å². The zero-order chi connectivity index (χ0) is 11.0. The zero-order valence-electron chi connectivity index (χ0n) is 9.68. The van der Waals surface area contributed by atoms with Crippen molar-refractivity contribution in [2.75, 3.05) is 13.1 Å². The first-order valence-corrected chi connectivity index (χ1v) is 6.33. The molecule has 1 heterocycles. The standard InChI is InChI=1S/C14H20N2/c15-14-6-12-9-16(10-13(12)7-14)8-11-4-2-1-3-5-11/h1-5,12-14H,6-10,15H2. The van der Waals surface area contributed by atoms with Gasteiger partial charge in [-0.1, -0.05) is 30.3 Å². The topological polar surface area (TPSA) is 29.3 Å². The fraction of sp³-hybridized carbons (Fsp3) is 0.571. The maximum Gasteiger partial charge on any atom is 0.0233 e. The molecule has 1 saturated heterocycles. The number of rotatable bonds is 2. The molecule has 1 aliphatic carbocycles.